The molecule has 0 bridgehead atoms. The zero-order chi connectivity index (χ0) is 24.3. The van der Waals surface area contributed by atoms with Crippen LogP contribution >= 0.6 is 0 Å². The van der Waals surface area contributed by atoms with Crippen LogP contribution in [0.3, 0.4) is 0 Å². The lowest BCUT2D eigenvalue weighted by molar-refractivity contribution is -0.376. The summed E-state index contributed by atoms with van der Waals surface area (Å²) in [6, 6.07) is 13.9. The highest BCUT2D eigenvalue weighted by molar-refractivity contribution is 6.04. The molecule has 1 aromatic heterocycles. The zero-order valence-corrected chi connectivity index (χ0v) is 16.5. The molecule has 0 aliphatic rings. The highest BCUT2D eigenvalue weighted by atomic mass is 19.4. The Hall–Kier alpha value is -3.84. The molecule has 0 atom stereocenters. The van der Waals surface area contributed by atoms with E-state index in [0.717, 1.165) is 12.1 Å². The molecule has 0 saturated carbocycles. The predicted molar refractivity (Wildman–Crippen MR) is 107 cm³/mol. The fourth-order valence-electron chi connectivity index (χ4n) is 2.80. The molecule has 1 amide bonds. The van der Waals surface area contributed by atoms with Gasteiger partial charge in [0, 0.05) is 28.6 Å². The monoisotopic (exact) mass is 464 g/mol. The Morgan fingerprint density at radius 1 is 0.848 bits per heavy atom. The first-order valence-electron chi connectivity index (χ1n) is 9.22. The molecule has 170 valence electrons. The van der Waals surface area contributed by atoms with Crippen molar-refractivity contribution in [1.82, 2.24) is 4.98 Å². The topological polar surface area (TPSA) is 62.2 Å². The molecule has 4 nitrogen and oxygen atoms in total. The number of carbonyl (C=O) groups is 1. The third-order valence-corrected chi connectivity index (χ3v) is 4.51. The van der Waals surface area contributed by atoms with Crippen molar-refractivity contribution < 1.29 is 36.2 Å². The van der Waals surface area contributed by atoms with Gasteiger partial charge in [-0.3, -0.25) is 4.79 Å². The van der Waals surface area contributed by atoms with Crippen LogP contribution in [0.25, 0.3) is 0 Å². The molecule has 0 aliphatic carbocycles. The summed E-state index contributed by atoms with van der Waals surface area (Å²) in [5.41, 5.74) is -5.36. The standard InChI is InChI=1S/C23H14F6N2O2/c24-22(25,26)21(33,23(27,28)29)17-8-11-19(12-9-17)31-20(32)16-5-3-4-15(14-16)7-10-18-6-1-2-13-30-18/h1-6,8-9,11-14,33H,(H,31,32). The average Bonchev–Trinajstić information content (AvgIpc) is 2.77. The minimum absolute atomic E-state index is 0.0691. The Morgan fingerprint density at radius 3 is 2.09 bits per heavy atom. The number of hydrogen-bond acceptors (Lipinski definition) is 3. The molecular formula is C23H14F6N2O2. The van der Waals surface area contributed by atoms with Crippen molar-refractivity contribution in [3.05, 3.63) is 95.3 Å². The highest BCUT2D eigenvalue weighted by Crippen LogP contribution is 2.50. The van der Waals surface area contributed by atoms with Gasteiger partial charge in [-0.05, 0) is 48.4 Å². The van der Waals surface area contributed by atoms with Gasteiger partial charge >= 0.3 is 12.4 Å². The summed E-state index contributed by atoms with van der Waals surface area (Å²) >= 11 is 0. The molecule has 2 N–H and O–H groups in total. The van der Waals surface area contributed by atoms with Crippen LogP contribution in [0.15, 0.2) is 72.9 Å². The normalized spacial score (nSPS) is 12.0. The summed E-state index contributed by atoms with van der Waals surface area (Å²) in [7, 11) is 0. The van der Waals surface area contributed by atoms with Crippen LogP contribution in [0.1, 0.15) is 27.2 Å². The van der Waals surface area contributed by atoms with Crippen molar-refractivity contribution in [3.63, 3.8) is 0 Å². The molecule has 10 heteroatoms. The predicted octanol–water partition coefficient (Wildman–Crippen LogP) is 5.05. The van der Waals surface area contributed by atoms with Crippen molar-refractivity contribution in [1.29, 1.82) is 0 Å². The van der Waals surface area contributed by atoms with E-state index in [1.165, 1.54) is 12.1 Å². The summed E-state index contributed by atoms with van der Waals surface area (Å²) in [5.74, 6) is 5.00. The maximum Gasteiger partial charge on any atom is 0.430 e. The Balaban J connectivity index is 1.79. The van der Waals surface area contributed by atoms with Crippen molar-refractivity contribution in [2.75, 3.05) is 5.32 Å². The molecule has 2 aromatic carbocycles. The SMILES string of the molecule is O=C(Nc1ccc(C(O)(C(F)(F)F)C(F)(F)F)cc1)c1cccc(C#Cc2ccccn2)c1. The number of pyridine rings is 1. The second-order valence-electron chi connectivity index (χ2n) is 6.78. The number of nitrogens with one attached hydrogen (secondary N) is 1. The van der Waals surface area contributed by atoms with E-state index in [1.807, 2.05) is 0 Å². The van der Waals surface area contributed by atoms with E-state index in [1.54, 1.807) is 36.5 Å². The molecule has 0 fully saturated rings. The highest BCUT2D eigenvalue weighted by Gasteiger charge is 2.71. The number of halogens is 6. The second-order valence-corrected chi connectivity index (χ2v) is 6.78. The number of rotatable bonds is 3. The molecular weight excluding hydrogens is 450 g/mol. The smallest absolute Gasteiger partial charge is 0.369 e. The van der Waals surface area contributed by atoms with Crippen molar-refractivity contribution >= 4 is 11.6 Å². The molecule has 3 rings (SSSR count). The maximum atomic E-state index is 13.0. The van der Waals surface area contributed by atoms with Crippen LogP contribution in [-0.2, 0) is 5.60 Å². The number of alkyl halides is 6. The summed E-state index contributed by atoms with van der Waals surface area (Å²) in [4.78, 5) is 16.5. The third-order valence-electron chi connectivity index (χ3n) is 4.51. The van der Waals surface area contributed by atoms with Gasteiger partial charge in [0.1, 0.15) is 5.69 Å². The van der Waals surface area contributed by atoms with E-state index in [2.05, 4.69) is 22.1 Å². The molecule has 0 radical (unpaired) electrons. The number of amides is 1. The molecule has 0 aliphatic heterocycles. The summed E-state index contributed by atoms with van der Waals surface area (Å²) in [5, 5.41) is 11.8. The van der Waals surface area contributed by atoms with Gasteiger partial charge in [-0.2, -0.15) is 26.3 Å². The number of aromatic nitrogens is 1. The largest absolute Gasteiger partial charge is 0.430 e. The number of carbonyl (C=O) groups excluding carboxylic acids is 1. The number of nitrogens with zero attached hydrogens (tertiary/aromatic N) is 1. The van der Waals surface area contributed by atoms with E-state index in [4.69, 9.17) is 0 Å². The van der Waals surface area contributed by atoms with Gasteiger partial charge in [-0.25, -0.2) is 4.98 Å². The fourth-order valence-corrected chi connectivity index (χ4v) is 2.80. The molecule has 0 unspecified atom stereocenters. The third kappa shape index (κ3) is 5.15. The summed E-state index contributed by atoms with van der Waals surface area (Å²) in [6.45, 7) is 0. The van der Waals surface area contributed by atoms with Crippen molar-refractivity contribution in [3.8, 4) is 11.8 Å². The summed E-state index contributed by atoms with van der Waals surface area (Å²) in [6.07, 6.45) is -10.4. The second kappa shape index (κ2) is 8.96. The van der Waals surface area contributed by atoms with Gasteiger partial charge in [0.15, 0.2) is 0 Å². The Kier molecular flexibility index (Phi) is 6.46. The first kappa shape index (κ1) is 23.8. The lowest BCUT2D eigenvalue weighted by atomic mass is 9.92. The number of benzene rings is 2. The van der Waals surface area contributed by atoms with Crippen molar-refractivity contribution in [2.45, 2.75) is 18.0 Å². The Labute approximate surface area is 183 Å². The van der Waals surface area contributed by atoms with Gasteiger partial charge in [0.2, 0.25) is 0 Å². The first-order chi connectivity index (χ1) is 15.4. The van der Waals surface area contributed by atoms with Crippen LogP contribution in [-0.4, -0.2) is 28.4 Å². The molecule has 33 heavy (non-hydrogen) atoms. The lowest BCUT2D eigenvalue weighted by Crippen LogP contribution is -2.53. The first-order valence-corrected chi connectivity index (χ1v) is 9.22. The van der Waals surface area contributed by atoms with Crippen LogP contribution in [0, 0.1) is 11.8 Å². The molecule has 1 heterocycles. The molecule has 3 aromatic rings. The number of aliphatic hydroxyl groups is 1. The lowest BCUT2D eigenvalue weighted by Gasteiger charge is -2.32. The van der Waals surface area contributed by atoms with Gasteiger partial charge in [-0.1, -0.05) is 30.2 Å². The van der Waals surface area contributed by atoms with E-state index < -0.39 is 29.4 Å². The average molecular weight is 464 g/mol. The van der Waals surface area contributed by atoms with Gasteiger partial charge in [0.25, 0.3) is 11.5 Å². The number of anilines is 1. The minimum Gasteiger partial charge on any atom is -0.369 e. The van der Waals surface area contributed by atoms with Crippen LogP contribution in [0.4, 0.5) is 32.0 Å². The van der Waals surface area contributed by atoms with E-state index in [0.29, 0.717) is 23.4 Å². The van der Waals surface area contributed by atoms with Crippen LogP contribution in [0.2, 0.25) is 0 Å². The van der Waals surface area contributed by atoms with E-state index >= 15 is 0 Å². The molecule has 0 saturated heterocycles. The number of hydrogen-bond donors (Lipinski definition) is 2. The van der Waals surface area contributed by atoms with Crippen molar-refractivity contribution in [2.24, 2.45) is 0 Å². The fraction of sp³-hybridized carbons (Fsp3) is 0.130. The van der Waals surface area contributed by atoms with Gasteiger partial charge in [0.05, 0.1) is 0 Å². The Bertz CT molecular complexity index is 1180. The minimum atomic E-state index is -5.99. The van der Waals surface area contributed by atoms with E-state index in [9.17, 15) is 36.2 Å². The van der Waals surface area contributed by atoms with Crippen LogP contribution < -0.4 is 5.32 Å². The maximum absolute atomic E-state index is 13.0. The quantitative estimate of drug-likeness (QED) is 0.422. The van der Waals surface area contributed by atoms with E-state index in [-0.39, 0.29) is 11.3 Å². The van der Waals surface area contributed by atoms with Crippen LogP contribution in [0.5, 0.6) is 0 Å². The summed E-state index contributed by atoms with van der Waals surface area (Å²) < 4.78 is 77.8. The Morgan fingerprint density at radius 2 is 1.52 bits per heavy atom. The zero-order valence-electron chi connectivity index (χ0n) is 16.5. The van der Waals surface area contributed by atoms with Gasteiger partial charge in [-0.15, -0.1) is 0 Å². The molecule has 0 spiro atoms. The van der Waals surface area contributed by atoms with Gasteiger partial charge < -0.3 is 10.4 Å².